The minimum absolute atomic E-state index is 0.108. The smallest absolute Gasteiger partial charge is 0.306 e. The Balaban J connectivity index is 4.51. The molecule has 0 aromatic carbocycles. The molecule has 1 unspecified atom stereocenters. The van der Waals surface area contributed by atoms with Crippen LogP contribution in [0, 0.1) is 0 Å². The van der Waals surface area contributed by atoms with Crippen LogP contribution in [-0.2, 0) is 28.6 Å². The number of ether oxygens (including phenoxy) is 3. The molecule has 0 radical (unpaired) electrons. The first-order valence-electron chi connectivity index (χ1n) is 32.6. The monoisotopic (exact) mass is 1110 g/mol. The van der Waals surface area contributed by atoms with Crippen LogP contribution in [0.5, 0.6) is 0 Å². The van der Waals surface area contributed by atoms with Crippen molar-refractivity contribution in [2.24, 2.45) is 0 Å². The van der Waals surface area contributed by atoms with Crippen LogP contribution in [0.2, 0.25) is 0 Å². The molecule has 0 aromatic heterocycles. The Morgan fingerprint density at radius 3 is 0.765 bits per heavy atom. The van der Waals surface area contributed by atoms with Gasteiger partial charge in [-0.05, 0) is 154 Å². The van der Waals surface area contributed by atoms with Crippen LogP contribution < -0.4 is 0 Å². The lowest BCUT2D eigenvalue weighted by molar-refractivity contribution is -0.167. The van der Waals surface area contributed by atoms with Crippen LogP contribution in [0.3, 0.4) is 0 Å². The molecule has 0 spiro atoms. The van der Waals surface area contributed by atoms with Crippen molar-refractivity contribution in [3.05, 3.63) is 170 Å². The zero-order chi connectivity index (χ0) is 58.5. The molecule has 0 aromatic rings. The van der Waals surface area contributed by atoms with Crippen molar-refractivity contribution >= 4 is 17.9 Å². The predicted octanol–water partition coefficient (Wildman–Crippen LogP) is 22.7. The molecular formula is C75H118O6. The molecule has 81 heavy (non-hydrogen) atoms. The van der Waals surface area contributed by atoms with E-state index in [-0.39, 0.29) is 31.1 Å². The van der Waals surface area contributed by atoms with E-state index in [1.54, 1.807) is 0 Å². The first-order chi connectivity index (χ1) is 40.0. The van der Waals surface area contributed by atoms with Crippen LogP contribution >= 0.6 is 0 Å². The van der Waals surface area contributed by atoms with Crippen LogP contribution in [-0.4, -0.2) is 37.2 Å². The lowest BCUT2D eigenvalue weighted by Crippen LogP contribution is -2.30. The van der Waals surface area contributed by atoms with E-state index in [9.17, 15) is 14.4 Å². The average molecular weight is 1120 g/mol. The molecule has 0 fully saturated rings. The second-order valence-corrected chi connectivity index (χ2v) is 20.9. The van der Waals surface area contributed by atoms with E-state index in [0.717, 1.165) is 180 Å². The van der Waals surface area contributed by atoms with E-state index < -0.39 is 6.10 Å². The van der Waals surface area contributed by atoms with Crippen molar-refractivity contribution < 1.29 is 28.6 Å². The third kappa shape index (κ3) is 65.5. The van der Waals surface area contributed by atoms with E-state index in [4.69, 9.17) is 14.2 Å². The summed E-state index contributed by atoms with van der Waals surface area (Å²) in [7, 11) is 0. The average Bonchev–Trinajstić information content (AvgIpc) is 3.47. The highest BCUT2D eigenvalue weighted by Crippen LogP contribution is 2.14. The van der Waals surface area contributed by atoms with Gasteiger partial charge in [0, 0.05) is 19.3 Å². The fourth-order valence-corrected chi connectivity index (χ4v) is 8.36. The highest BCUT2D eigenvalue weighted by atomic mass is 16.6. The van der Waals surface area contributed by atoms with Gasteiger partial charge in [0.25, 0.3) is 0 Å². The number of hydrogen-bond donors (Lipinski definition) is 0. The highest BCUT2D eigenvalue weighted by molar-refractivity contribution is 5.71. The number of hydrogen-bond acceptors (Lipinski definition) is 6. The Kier molecular flexibility index (Phi) is 62.9. The lowest BCUT2D eigenvalue weighted by Gasteiger charge is -2.18. The number of carbonyl (C=O) groups is 3. The molecule has 454 valence electrons. The van der Waals surface area contributed by atoms with Crippen LogP contribution in [0.15, 0.2) is 170 Å². The Bertz CT molecular complexity index is 1860. The molecule has 0 rings (SSSR count). The van der Waals surface area contributed by atoms with Gasteiger partial charge in [-0.2, -0.15) is 0 Å². The molecule has 0 aliphatic rings. The zero-order valence-electron chi connectivity index (χ0n) is 52.0. The standard InChI is InChI=1S/C75H118O6/c1-4-7-10-13-16-19-22-25-28-30-32-34-36-37-39-40-42-44-47-50-53-56-59-62-65-68-74(77)80-71-72(70-79-73(76)67-64-61-58-55-52-49-46-27-24-21-18-15-12-9-6-3)81-75(78)69-66-63-60-57-54-51-48-45-43-41-38-35-33-31-29-26-23-20-17-14-11-8-5-2/h7-8,10-11,16-21,25-29,32-35,37,39,41-44,46,50,53,72H,4-6,9,12-15,22-24,30-31,36,38,40,45,47-49,51-52,54-71H2,1-3H3/b10-7-,11-8-,19-16-,20-17-,21-18-,28-25-,29-26-,34-32-,35-33-,39-37-,43-41-,44-42-,46-27-,53-50-. The summed E-state index contributed by atoms with van der Waals surface area (Å²) in [6.45, 7) is 6.33. The molecule has 0 saturated carbocycles. The number of unbranched alkanes of at least 4 members (excludes halogenated alkanes) is 18. The number of rotatable bonds is 57. The Hall–Kier alpha value is -5.23. The fourth-order valence-electron chi connectivity index (χ4n) is 8.36. The summed E-state index contributed by atoms with van der Waals surface area (Å²) in [5.74, 6) is -0.970. The first-order valence-corrected chi connectivity index (χ1v) is 32.6. The second kappa shape index (κ2) is 67.3. The van der Waals surface area contributed by atoms with E-state index in [1.807, 2.05) is 0 Å². The van der Waals surface area contributed by atoms with Gasteiger partial charge in [0.05, 0.1) is 0 Å². The van der Waals surface area contributed by atoms with Gasteiger partial charge >= 0.3 is 17.9 Å². The minimum atomic E-state index is -0.815. The first kappa shape index (κ1) is 75.8. The van der Waals surface area contributed by atoms with Crippen LogP contribution in [0.1, 0.15) is 265 Å². The summed E-state index contributed by atoms with van der Waals surface area (Å²) in [6, 6.07) is 0. The zero-order valence-corrected chi connectivity index (χ0v) is 52.0. The molecule has 6 heteroatoms. The Morgan fingerprint density at radius 1 is 0.259 bits per heavy atom. The van der Waals surface area contributed by atoms with Gasteiger partial charge in [-0.15, -0.1) is 0 Å². The summed E-state index contributed by atoms with van der Waals surface area (Å²) in [6.07, 6.45) is 99.2. The van der Waals surface area contributed by atoms with Gasteiger partial charge in [-0.3, -0.25) is 14.4 Å². The van der Waals surface area contributed by atoms with E-state index in [0.29, 0.717) is 19.3 Å². The fraction of sp³-hybridized carbons (Fsp3) is 0.587. The lowest BCUT2D eigenvalue weighted by atomic mass is 10.1. The van der Waals surface area contributed by atoms with Crippen molar-refractivity contribution in [3.63, 3.8) is 0 Å². The van der Waals surface area contributed by atoms with Crippen molar-refractivity contribution in [2.75, 3.05) is 13.2 Å². The summed E-state index contributed by atoms with van der Waals surface area (Å²) >= 11 is 0. The van der Waals surface area contributed by atoms with Crippen LogP contribution in [0.4, 0.5) is 0 Å². The summed E-state index contributed by atoms with van der Waals surface area (Å²) in [4.78, 5) is 38.4. The molecular weight excluding hydrogens is 997 g/mol. The molecule has 0 heterocycles. The number of esters is 3. The van der Waals surface area contributed by atoms with Crippen LogP contribution in [0.25, 0.3) is 0 Å². The SMILES string of the molecule is CC/C=C\C/C=C\C/C=C\C/C=C\C/C=C\C/C=C\C/C=C\CCCCCC(=O)OCC(COC(=O)CCCCCCC/C=C\C/C=C\CCCCC)OC(=O)CCCCCCCCC/C=C\C/C=C\C/C=C\C/C=C\C/C=C\CC. The van der Waals surface area contributed by atoms with Gasteiger partial charge in [0.2, 0.25) is 0 Å². The quantitative estimate of drug-likeness (QED) is 0.0261. The second-order valence-electron chi connectivity index (χ2n) is 20.9. The molecule has 0 saturated heterocycles. The van der Waals surface area contributed by atoms with Gasteiger partial charge in [-0.1, -0.05) is 262 Å². The molecule has 0 aliphatic carbocycles. The van der Waals surface area contributed by atoms with Gasteiger partial charge in [0.15, 0.2) is 6.10 Å². The number of carbonyl (C=O) groups excluding carboxylic acids is 3. The maximum absolute atomic E-state index is 12.9. The maximum atomic E-state index is 12.9. The molecule has 0 amide bonds. The largest absolute Gasteiger partial charge is 0.462 e. The highest BCUT2D eigenvalue weighted by Gasteiger charge is 2.19. The Labute approximate surface area is 498 Å². The summed E-state index contributed by atoms with van der Waals surface area (Å²) < 4.78 is 16.9. The third-order valence-corrected chi connectivity index (χ3v) is 13.2. The Morgan fingerprint density at radius 2 is 0.481 bits per heavy atom. The molecule has 0 N–H and O–H groups in total. The van der Waals surface area contributed by atoms with E-state index in [1.165, 1.54) is 44.9 Å². The topological polar surface area (TPSA) is 78.9 Å². The molecule has 0 aliphatic heterocycles. The molecule has 1 atom stereocenters. The summed E-state index contributed by atoms with van der Waals surface area (Å²) in [5, 5.41) is 0. The van der Waals surface area contributed by atoms with Gasteiger partial charge < -0.3 is 14.2 Å². The summed E-state index contributed by atoms with van der Waals surface area (Å²) in [5.41, 5.74) is 0. The van der Waals surface area contributed by atoms with Crippen molar-refractivity contribution in [2.45, 2.75) is 271 Å². The molecule has 0 bridgehead atoms. The van der Waals surface area contributed by atoms with Gasteiger partial charge in [0.1, 0.15) is 13.2 Å². The normalized spacial score (nSPS) is 13.3. The maximum Gasteiger partial charge on any atom is 0.306 e. The van der Waals surface area contributed by atoms with E-state index in [2.05, 4.69) is 191 Å². The predicted molar refractivity (Wildman–Crippen MR) is 352 cm³/mol. The number of allylic oxidation sites excluding steroid dienone is 28. The third-order valence-electron chi connectivity index (χ3n) is 13.2. The van der Waals surface area contributed by atoms with Crippen molar-refractivity contribution in [3.8, 4) is 0 Å². The van der Waals surface area contributed by atoms with E-state index >= 15 is 0 Å². The minimum Gasteiger partial charge on any atom is -0.462 e. The van der Waals surface area contributed by atoms with Crippen molar-refractivity contribution in [1.29, 1.82) is 0 Å². The molecule has 6 nitrogen and oxygen atoms in total. The van der Waals surface area contributed by atoms with Crippen molar-refractivity contribution in [1.82, 2.24) is 0 Å². The van der Waals surface area contributed by atoms with Gasteiger partial charge in [-0.25, -0.2) is 0 Å².